The smallest absolute Gasteiger partial charge is 0.253 e. The predicted molar refractivity (Wildman–Crippen MR) is 105 cm³/mol. The van der Waals surface area contributed by atoms with Crippen molar-refractivity contribution in [2.75, 3.05) is 5.32 Å². The number of rotatable bonds is 7. The lowest BCUT2D eigenvalue weighted by molar-refractivity contribution is -0.116. The van der Waals surface area contributed by atoms with Gasteiger partial charge < -0.3 is 10.6 Å². The average Bonchev–Trinajstić information content (AvgIpc) is 2.73. The number of pyridine rings is 1. The van der Waals surface area contributed by atoms with Crippen LogP contribution in [0.25, 0.3) is 0 Å². The number of anilines is 1. The minimum absolute atomic E-state index is 0.143. The lowest BCUT2D eigenvalue weighted by Crippen LogP contribution is -2.24. The van der Waals surface area contributed by atoms with Crippen molar-refractivity contribution in [2.24, 2.45) is 0 Å². The zero-order valence-electron chi connectivity index (χ0n) is 15.2. The van der Waals surface area contributed by atoms with Crippen LogP contribution in [-0.4, -0.2) is 16.8 Å². The Morgan fingerprint density at radius 2 is 1.75 bits per heavy atom. The molecule has 142 valence electrons. The minimum atomic E-state index is -0.296. The van der Waals surface area contributed by atoms with Crippen molar-refractivity contribution in [3.8, 4) is 0 Å². The second kappa shape index (κ2) is 9.41. The maximum Gasteiger partial charge on any atom is 0.253 e. The van der Waals surface area contributed by atoms with Gasteiger partial charge in [-0.3, -0.25) is 14.6 Å². The Kier molecular flexibility index (Phi) is 6.46. The van der Waals surface area contributed by atoms with E-state index in [1.165, 1.54) is 18.3 Å². The topological polar surface area (TPSA) is 71.1 Å². The van der Waals surface area contributed by atoms with Crippen molar-refractivity contribution >= 4 is 17.5 Å². The number of nitrogens with zero attached hydrogens (tertiary/aromatic N) is 1. The van der Waals surface area contributed by atoms with Gasteiger partial charge in [-0.25, -0.2) is 4.39 Å². The van der Waals surface area contributed by atoms with Crippen molar-refractivity contribution in [3.63, 3.8) is 0 Å². The standard InChI is InChI=1S/C22H20FN3O2/c23-19-10-7-16(8-11-19)9-12-21(27)26-20-6-2-1-4-17(20)15-25-22(28)18-5-3-13-24-14-18/h1-8,10-11,13-14H,9,12,15H2,(H,25,28)(H,26,27). The van der Waals surface area contributed by atoms with Crippen LogP contribution in [0.3, 0.4) is 0 Å². The second-order valence-corrected chi connectivity index (χ2v) is 6.26. The van der Waals surface area contributed by atoms with Crippen LogP contribution in [0.2, 0.25) is 0 Å². The highest BCUT2D eigenvalue weighted by molar-refractivity contribution is 5.94. The molecule has 0 fully saturated rings. The summed E-state index contributed by atoms with van der Waals surface area (Å²) in [5.74, 6) is -0.670. The largest absolute Gasteiger partial charge is 0.348 e. The van der Waals surface area contributed by atoms with Crippen molar-refractivity contribution < 1.29 is 14.0 Å². The average molecular weight is 377 g/mol. The Labute approximate surface area is 162 Å². The van der Waals surface area contributed by atoms with Crippen LogP contribution in [0, 0.1) is 5.82 Å². The molecule has 2 aromatic carbocycles. The summed E-state index contributed by atoms with van der Waals surface area (Å²) in [5.41, 5.74) is 2.82. The second-order valence-electron chi connectivity index (χ2n) is 6.26. The van der Waals surface area contributed by atoms with E-state index in [0.29, 0.717) is 17.7 Å². The van der Waals surface area contributed by atoms with Crippen LogP contribution in [-0.2, 0) is 17.8 Å². The van der Waals surface area contributed by atoms with Crippen molar-refractivity contribution in [1.29, 1.82) is 0 Å². The Hall–Kier alpha value is -3.54. The summed E-state index contributed by atoms with van der Waals surface area (Å²) in [4.78, 5) is 28.4. The van der Waals surface area contributed by atoms with Gasteiger partial charge in [0.05, 0.1) is 5.56 Å². The summed E-state index contributed by atoms with van der Waals surface area (Å²) in [6.45, 7) is 0.280. The van der Waals surface area contributed by atoms with E-state index in [9.17, 15) is 14.0 Å². The summed E-state index contributed by atoms with van der Waals surface area (Å²) in [6.07, 6.45) is 3.90. The molecule has 1 aromatic heterocycles. The van der Waals surface area contributed by atoms with Gasteiger partial charge in [0.1, 0.15) is 5.82 Å². The molecular formula is C22H20FN3O2. The number of carbonyl (C=O) groups is 2. The highest BCUT2D eigenvalue weighted by atomic mass is 19.1. The number of nitrogens with one attached hydrogen (secondary N) is 2. The number of halogens is 1. The monoisotopic (exact) mass is 377 g/mol. The molecule has 28 heavy (non-hydrogen) atoms. The van der Waals surface area contributed by atoms with Gasteiger partial charge in [0.15, 0.2) is 0 Å². The number of carbonyl (C=O) groups excluding carboxylic acids is 2. The molecule has 0 aliphatic heterocycles. The van der Waals surface area contributed by atoms with Crippen LogP contribution in [0.15, 0.2) is 73.1 Å². The van der Waals surface area contributed by atoms with E-state index in [2.05, 4.69) is 15.6 Å². The third-order valence-electron chi connectivity index (χ3n) is 4.21. The van der Waals surface area contributed by atoms with Crippen molar-refractivity contribution in [3.05, 3.63) is 95.6 Å². The molecule has 0 saturated carbocycles. The molecule has 3 rings (SSSR count). The number of para-hydroxylation sites is 1. The van der Waals surface area contributed by atoms with E-state index in [4.69, 9.17) is 0 Å². The molecule has 0 aliphatic rings. The zero-order chi connectivity index (χ0) is 19.8. The first kappa shape index (κ1) is 19.2. The van der Waals surface area contributed by atoms with Crippen molar-refractivity contribution in [2.45, 2.75) is 19.4 Å². The molecule has 2 N–H and O–H groups in total. The first-order valence-corrected chi connectivity index (χ1v) is 8.92. The number of hydrogen-bond donors (Lipinski definition) is 2. The Morgan fingerprint density at radius 1 is 0.964 bits per heavy atom. The molecule has 2 amide bonds. The fourth-order valence-electron chi connectivity index (χ4n) is 2.69. The summed E-state index contributed by atoms with van der Waals surface area (Å²) in [5, 5.41) is 5.71. The lowest BCUT2D eigenvalue weighted by atomic mass is 10.1. The third-order valence-corrected chi connectivity index (χ3v) is 4.21. The number of amides is 2. The van der Waals surface area contributed by atoms with E-state index in [1.54, 1.807) is 36.5 Å². The van der Waals surface area contributed by atoms with E-state index in [0.717, 1.165) is 11.1 Å². The van der Waals surface area contributed by atoms with Crippen LogP contribution >= 0.6 is 0 Å². The van der Waals surface area contributed by atoms with Gasteiger partial charge in [-0.05, 0) is 47.9 Å². The Morgan fingerprint density at radius 3 is 2.50 bits per heavy atom. The molecule has 0 saturated heterocycles. The van der Waals surface area contributed by atoms with Gasteiger partial charge in [-0.1, -0.05) is 30.3 Å². The highest BCUT2D eigenvalue weighted by Crippen LogP contribution is 2.16. The number of hydrogen-bond acceptors (Lipinski definition) is 3. The molecule has 1 heterocycles. The molecule has 0 spiro atoms. The SMILES string of the molecule is O=C(CCc1ccc(F)cc1)Nc1ccccc1CNC(=O)c1cccnc1. The molecule has 6 heteroatoms. The number of benzene rings is 2. The van der Waals surface area contributed by atoms with Crippen LogP contribution < -0.4 is 10.6 Å². The minimum Gasteiger partial charge on any atom is -0.348 e. The molecule has 3 aromatic rings. The van der Waals surface area contributed by atoms with Gasteiger partial charge in [0, 0.05) is 31.0 Å². The van der Waals surface area contributed by atoms with Gasteiger partial charge in [0.25, 0.3) is 5.91 Å². The summed E-state index contributed by atoms with van der Waals surface area (Å²) >= 11 is 0. The normalized spacial score (nSPS) is 10.3. The van der Waals surface area contributed by atoms with Gasteiger partial charge in [0.2, 0.25) is 5.91 Å². The van der Waals surface area contributed by atoms with E-state index < -0.39 is 0 Å². The van der Waals surface area contributed by atoms with E-state index >= 15 is 0 Å². The van der Waals surface area contributed by atoms with Gasteiger partial charge in [-0.2, -0.15) is 0 Å². The predicted octanol–water partition coefficient (Wildman–Crippen LogP) is 3.72. The number of aryl methyl sites for hydroxylation is 1. The fourth-order valence-corrected chi connectivity index (χ4v) is 2.69. The quantitative estimate of drug-likeness (QED) is 0.659. The summed E-state index contributed by atoms with van der Waals surface area (Å²) in [6, 6.07) is 16.8. The van der Waals surface area contributed by atoms with Gasteiger partial charge >= 0.3 is 0 Å². The number of aromatic nitrogens is 1. The van der Waals surface area contributed by atoms with Gasteiger partial charge in [-0.15, -0.1) is 0 Å². The molecule has 0 radical (unpaired) electrons. The molecule has 0 bridgehead atoms. The van der Waals surface area contributed by atoms with Crippen molar-refractivity contribution in [1.82, 2.24) is 10.3 Å². The molecule has 0 atom stereocenters. The lowest BCUT2D eigenvalue weighted by Gasteiger charge is -2.12. The molecule has 0 unspecified atom stereocenters. The molecule has 5 nitrogen and oxygen atoms in total. The summed E-state index contributed by atoms with van der Waals surface area (Å²) in [7, 11) is 0. The third kappa shape index (κ3) is 5.48. The maximum atomic E-state index is 12.9. The zero-order valence-corrected chi connectivity index (χ0v) is 15.2. The van der Waals surface area contributed by atoms with Crippen LogP contribution in [0.5, 0.6) is 0 Å². The highest BCUT2D eigenvalue weighted by Gasteiger charge is 2.09. The Balaban J connectivity index is 1.56. The fraction of sp³-hybridized carbons (Fsp3) is 0.136. The Bertz CT molecular complexity index is 944. The van der Waals surface area contributed by atoms with E-state index in [-0.39, 0.29) is 30.6 Å². The van der Waals surface area contributed by atoms with E-state index in [1.807, 2.05) is 18.2 Å². The molecular weight excluding hydrogens is 357 g/mol. The summed E-state index contributed by atoms with van der Waals surface area (Å²) < 4.78 is 12.9. The molecule has 0 aliphatic carbocycles. The maximum absolute atomic E-state index is 12.9. The first-order valence-electron chi connectivity index (χ1n) is 8.92. The first-order chi connectivity index (χ1) is 13.6. The van der Waals surface area contributed by atoms with Crippen LogP contribution in [0.4, 0.5) is 10.1 Å². The van der Waals surface area contributed by atoms with Crippen LogP contribution in [0.1, 0.15) is 27.9 Å².